The molecule has 2 unspecified atom stereocenters. The van der Waals surface area contributed by atoms with Crippen molar-refractivity contribution in [3.63, 3.8) is 0 Å². The number of amides is 3. The maximum atomic E-state index is 13.3. The summed E-state index contributed by atoms with van der Waals surface area (Å²) in [6.07, 6.45) is 5.69. The van der Waals surface area contributed by atoms with Crippen LogP contribution < -0.4 is 11.1 Å². The number of piperidine rings is 1. The number of nitrogens with zero attached hydrogens (tertiary/aromatic N) is 2. The van der Waals surface area contributed by atoms with E-state index >= 15 is 0 Å². The maximum absolute atomic E-state index is 13.3. The Bertz CT molecular complexity index is 879. The lowest BCUT2D eigenvalue weighted by molar-refractivity contribution is -0.136. The number of nitrogens with two attached hydrogens (primary N) is 1. The van der Waals surface area contributed by atoms with Gasteiger partial charge in [-0.1, -0.05) is 24.6 Å². The van der Waals surface area contributed by atoms with Gasteiger partial charge in [0.2, 0.25) is 11.8 Å². The van der Waals surface area contributed by atoms with Gasteiger partial charge in [-0.15, -0.1) is 0 Å². The number of carbonyl (C=O) groups is 3. The third-order valence-corrected chi connectivity index (χ3v) is 7.63. The highest BCUT2D eigenvalue weighted by Crippen LogP contribution is 2.52. The minimum Gasteiger partial charge on any atom is -0.329 e. The van der Waals surface area contributed by atoms with Crippen molar-refractivity contribution in [2.45, 2.75) is 63.7 Å². The van der Waals surface area contributed by atoms with Crippen molar-refractivity contribution in [2.75, 3.05) is 13.1 Å². The summed E-state index contributed by atoms with van der Waals surface area (Å²) in [7, 11) is 0. The van der Waals surface area contributed by atoms with E-state index < -0.39 is 6.04 Å². The lowest BCUT2D eigenvalue weighted by atomic mass is 9.64. The fourth-order valence-corrected chi connectivity index (χ4v) is 5.92. The Morgan fingerprint density at radius 2 is 2.00 bits per heavy atom. The molecule has 2 saturated heterocycles. The topological polar surface area (TPSA) is 95.7 Å². The van der Waals surface area contributed by atoms with Crippen molar-refractivity contribution in [1.82, 2.24) is 15.1 Å². The number of rotatable bonds is 4. The summed E-state index contributed by atoms with van der Waals surface area (Å²) in [5, 5.41) is 2.37. The van der Waals surface area contributed by atoms with Crippen LogP contribution in [0.15, 0.2) is 18.2 Å². The highest BCUT2D eigenvalue weighted by atomic mass is 16.2. The van der Waals surface area contributed by atoms with E-state index in [2.05, 4.69) is 10.2 Å². The second-order valence-electron chi connectivity index (χ2n) is 9.04. The molecule has 3 heterocycles. The van der Waals surface area contributed by atoms with E-state index in [0.717, 1.165) is 29.8 Å². The third kappa shape index (κ3) is 2.90. The van der Waals surface area contributed by atoms with Crippen LogP contribution in [0.5, 0.6) is 0 Å². The van der Waals surface area contributed by atoms with Crippen molar-refractivity contribution >= 4 is 17.7 Å². The molecule has 3 aliphatic heterocycles. The first-order valence-electron chi connectivity index (χ1n) is 10.7. The monoisotopic (exact) mass is 396 g/mol. The zero-order valence-corrected chi connectivity index (χ0v) is 16.7. The summed E-state index contributed by atoms with van der Waals surface area (Å²) in [4.78, 5) is 41.1. The highest BCUT2D eigenvalue weighted by molar-refractivity contribution is 6.05. The minimum absolute atomic E-state index is 0.0908. The van der Waals surface area contributed by atoms with Crippen LogP contribution in [0.2, 0.25) is 0 Å². The number of fused-ring (bicyclic) bond motifs is 1. The maximum Gasteiger partial charge on any atom is 0.255 e. The molecule has 1 spiro atoms. The Hall–Kier alpha value is -2.25. The molecule has 5 rings (SSSR count). The van der Waals surface area contributed by atoms with Gasteiger partial charge >= 0.3 is 0 Å². The molecule has 3 fully saturated rings. The third-order valence-electron chi connectivity index (χ3n) is 7.63. The predicted molar refractivity (Wildman–Crippen MR) is 107 cm³/mol. The fraction of sp³-hybridized carbons (Fsp3) is 0.591. The molecule has 29 heavy (non-hydrogen) atoms. The second kappa shape index (κ2) is 6.92. The lowest BCUT2D eigenvalue weighted by Crippen LogP contribution is -2.52. The Labute approximate surface area is 170 Å². The van der Waals surface area contributed by atoms with Gasteiger partial charge in [-0.3, -0.25) is 24.6 Å². The zero-order chi connectivity index (χ0) is 20.2. The van der Waals surface area contributed by atoms with Crippen molar-refractivity contribution in [3.05, 3.63) is 34.9 Å². The SMILES string of the molecule is NCC1N(Cc2cccc3c2C(=O)N(C2CCC(=O)NC2=O)C3)CCC12CCC2. The molecule has 1 aromatic carbocycles. The van der Waals surface area contributed by atoms with Crippen LogP contribution in [-0.4, -0.2) is 52.7 Å². The highest BCUT2D eigenvalue weighted by Gasteiger charge is 2.50. The van der Waals surface area contributed by atoms with Gasteiger partial charge in [0.05, 0.1) is 0 Å². The Morgan fingerprint density at radius 3 is 2.69 bits per heavy atom. The van der Waals surface area contributed by atoms with E-state index in [-0.39, 0.29) is 24.1 Å². The molecule has 1 aromatic rings. The molecular formula is C22H28N4O3. The van der Waals surface area contributed by atoms with E-state index in [9.17, 15) is 14.4 Å². The molecule has 3 N–H and O–H groups in total. The number of carbonyl (C=O) groups excluding carboxylic acids is 3. The van der Waals surface area contributed by atoms with Crippen molar-refractivity contribution in [3.8, 4) is 0 Å². The number of imide groups is 1. The molecule has 7 heteroatoms. The predicted octanol–water partition coefficient (Wildman–Crippen LogP) is 1.15. The Kier molecular flexibility index (Phi) is 4.47. The summed E-state index contributed by atoms with van der Waals surface area (Å²) >= 11 is 0. The van der Waals surface area contributed by atoms with Crippen LogP contribution in [-0.2, 0) is 22.7 Å². The van der Waals surface area contributed by atoms with Crippen molar-refractivity contribution in [2.24, 2.45) is 11.1 Å². The fourth-order valence-electron chi connectivity index (χ4n) is 5.92. The molecule has 0 radical (unpaired) electrons. The van der Waals surface area contributed by atoms with E-state index in [0.29, 0.717) is 31.0 Å². The van der Waals surface area contributed by atoms with Crippen LogP contribution in [0.4, 0.5) is 0 Å². The second-order valence-corrected chi connectivity index (χ2v) is 9.04. The van der Waals surface area contributed by atoms with Crippen LogP contribution in [0.3, 0.4) is 0 Å². The summed E-state index contributed by atoms with van der Waals surface area (Å²) in [5.41, 5.74) is 9.28. The van der Waals surface area contributed by atoms with Crippen molar-refractivity contribution in [1.29, 1.82) is 0 Å². The average molecular weight is 396 g/mol. The average Bonchev–Trinajstić information content (AvgIpc) is 3.20. The summed E-state index contributed by atoms with van der Waals surface area (Å²) in [5.74, 6) is -0.714. The zero-order valence-electron chi connectivity index (χ0n) is 16.7. The number of hydrogen-bond donors (Lipinski definition) is 2. The number of likely N-dealkylation sites (tertiary alicyclic amines) is 1. The van der Waals surface area contributed by atoms with Gasteiger partial charge in [-0.25, -0.2) is 0 Å². The first-order valence-corrected chi connectivity index (χ1v) is 10.7. The standard InChI is InChI=1S/C22H28N4O3/c23-11-17-22(7-2-8-22)9-10-25(17)12-14-3-1-4-15-13-26(21(29)19(14)15)16-5-6-18(27)24-20(16)28/h1,3-4,16-17H,2,5-13,23H2,(H,24,27,28). The largest absolute Gasteiger partial charge is 0.329 e. The molecule has 3 amide bonds. The molecular weight excluding hydrogens is 368 g/mol. The summed E-state index contributed by atoms with van der Waals surface area (Å²) < 4.78 is 0. The van der Waals surface area contributed by atoms with Crippen LogP contribution in [0, 0.1) is 5.41 Å². The normalized spacial score (nSPS) is 28.6. The summed E-state index contributed by atoms with van der Waals surface area (Å²) in [6, 6.07) is 5.82. The van der Waals surface area contributed by atoms with Crippen LogP contribution in [0.1, 0.15) is 60.0 Å². The van der Waals surface area contributed by atoms with E-state index in [1.807, 2.05) is 18.2 Å². The van der Waals surface area contributed by atoms with Gasteiger partial charge in [0.25, 0.3) is 5.91 Å². The molecule has 0 bridgehead atoms. The molecule has 7 nitrogen and oxygen atoms in total. The molecule has 0 aromatic heterocycles. The molecule has 2 atom stereocenters. The van der Waals surface area contributed by atoms with Gasteiger partial charge in [0, 0.05) is 37.7 Å². The minimum atomic E-state index is -0.567. The van der Waals surface area contributed by atoms with Crippen LogP contribution in [0.25, 0.3) is 0 Å². The van der Waals surface area contributed by atoms with Gasteiger partial charge < -0.3 is 10.6 Å². The van der Waals surface area contributed by atoms with E-state index in [1.54, 1.807) is 4.90 Å². The number of benzene rings is 1. The Morgan fingerprint density at radius 1 is 1.17 bits per heavy atom. The van der Waals surface area contributed by atoms with Gasteiger partial charge in [-0.2, -0.15) is 0 Å². The first kappa shape index (κ1) is 18.8. The smallest absolute Gasteiger partial charge is 0.255 e. The van der Waals surface area contributed by atoms with Gasteiger partial charge in [0.1, 0.15) is 6.04 Å². The Balaban J connectivity index is 1.38. The number of hydrogen-bond acceptors (Lipinski definition) is 5. The number of nitrogens with one attached hydrogen (secondary N) is 1. The van der Waals surface area contributed by atoms with E-state index in [4.69, 9.17) is 5.73 Å². The van der Waals surface area contributed by atoms with Crippen LogP contribution >= 0.6 is 0 Å². The van der Waals surface area contributed by atoms with Gasteiger partial charge in [-0.05, 0) is 48.8 Å². The van der Waals surface area contributed by atoms with Gasteiger partial charge in [0.15, 0.2) is 0 Å². The van der Waals surface area contributed by atoms with Crippen molar-refractivity contribution < 1.29 is 14.4 Å². The summed E-state index contributed by atoms with van der Waals surface area (Å²) in [6.45, 7) is 2.84. The molecule has 1 saturated carbocycles. The molecule has 4 aliphatic rings. The van der Waals surface area contributed by atoms with E-state index in [1.165, 1.54) is 25.7 Å². The molecule has 154 valence electrons. The first-order chi connectivity index (χ1) is 14.0. The molecule has 1 aliphatic carbocycles. The lowest BCUT2D eigenvalue weighted by Gasteiger charge is -2.44. The quantitative estimate of drug-likeness (QED) is 0.745.